The maximum atomic E-state index is 13.8. The molecule has 8 nitrogen and oxygen atoms in total. The molecule has 1 saturated heterocycles. The minimum atomic E-state index is -1.37. The fourth-order valence-corrected chi connectivity index (χ4v) is 9.92. The molecule has 1 aromatic carbocycles. The Morgan fingerprint density at radius 3 is 2.56 bits per heavy atom. The van der Waals surface area contributed by atoms with Crippen LogP contribution < -0.4 is 0 Å². The Hall–Kier alpha value is -2.88. The van der Waals surface area contributed by atoms with Crippen LogP contribution >= 0.6 is 0 Å². The molecular formula is C35H41NO7. The van der Waals surface area contributed by atoms with E-state index in [0.29, 0.717) is 19.4 Å². The van der Waals surface area contributed by atoms with Gasteiger partial charge in [-0.05, 0) is 66.4 Å². The van der Waals surface area contributed by atoms with Crippen LogP contribution in [0.4, 0.5) is 0 Å². The van der Waals surface area contributed by atoms with E-state index in [1.165, 1.54) is 0 Å². The number of ether oxygens (including phenoxy) is 2. The highest BCUT2D eigenvalue weighted by molar-refractivity contribution is 6.01. The number of aliphatic hydroxyl groups is 3. The van der Waals surface area contributed by atoms with Gasteiger partial charge in [0.1, 0.15) is 6.61 Å². The normalized spacial score (nSPS) is 41.3. The quantitative estimate of drug-likeness (QED) is 0.470. The second-order valence-corrected chi connectivity index (χ2v) is 14.0. The van der Waals surface area contributed by atoms with Gasteiger partial charge in [-0.1, -0.05) is 56.7 Å². The first-order valence-electron chi connectivity index (χ1n) is 15.5. The lowest BCUT2D eigenvalue weighted by atomic mass is 9.44. The maximum Gasteiger partial charge on any atom is 0.193 e. The van der Waals surface area contributed by atoms with E-state index in [4.69, 9.17) is 9.47 Å². The van der Waals surface area contributed by atoms with Gasteiger partial charge in [-0.25, -0.2) is 0 Å². The highest BCUT2D eigenvalue weighted by Crippen LogP contribution is 2.71. The average Bonchev–Trinajstić information content (AvgIpc) is 3.66. The van der Waals surface area contributed by atoms with E-state index in [2.05, 4.69) is 20.8 Å². The van der Waals surface area contributed by atoms with Gasteiger partial charge in [-0.15, -0.1) is 0 Å². The molecule has 8 heteroatoms. The zero-order valence-electron chi connectivity index (χ0n) is 25.0. The first-order valence-corrected chi connectivity index (χ1v) is 15.5. The van der Waals surface area contributed by atoms with Gasteiger partial charge in [-0.3, -0.25) is 9.59 Å². The minimum Gasteiger partial charge on any atom is -0.393 e. The number of hydrogen-bond acceptors (Lipinski definition) is 7. The maximum absolute atomic E-state index is 13.8. The fourth-order valence-electron chi connectivity index (χ4n) is 9.92. The molecule has 5 aliphatic rings. The number of carbonyl (C=O) groups excluding carboxylic acids is 2. The molecule has 0 unspecified atom stereocenters. The molecule has 1 aliphatic heterocycles. The SMILES string of the molecule is C[C@H]1C[C@@H]2[C@H]([C@@H](O)C[C@@]3(C)[C@H]2C[C@H]2O[C@@H](c4ccn(Cc5ccc(CO)cc5)c4)O[C@]23C(=O)CO)[C@@]2(C)C=CC(=O)C=C12. The molecule has 0 radical (unpaired) electrons. The molecule has 0 amide bonds. The molecule has 1 aromatic heterocycles. The van der Waals surface area contributed by atoms with E-state index < -0.39 is 47.3 Å². The topological polar surface area (TPSA) is 118 Å². The molecule has 4 fully saturated rings. The van der Waals surface area contributed by atoms with Crippen molar-refractivity contribution in [1.29, 1.82) is 0 Å². The number of hydrogen-bond donors (Lipinski definition) is 3. The summed E-state index contributed by atoms with van der Waals surface area (Å²) in [6.07, 6.45) is 9.03. The lowest BCUT2D eigenvalue weighted by Gasteiger charge is -2.61. The summed E-state index contributed by atoms with van der Waals surface area (Å²) < 4.78 is 15.3. The number of aromatic nitrogens is 1. The van der Waals surface area contributed by atoms with Crippen LogP contribution in [0.2, 0.25) is 0 Å². The summed E-state index contributed by atoms with van der Waals surface area (Å²) in [7, 11) is 0. The van der Waals surface area contributed by atoms with E-state index in [1.54, 1.807) is 12.2 Å². The molecule has 228 valence electrons. The van der Waals surface area contributed by atoms with Crippen LogP contribution in [0.1, 0.15) is 63.0 Å². The number of allylic oxidation sites excluding steroid dienone is 4. The Morgan fingerprint density at radius 2 is 1.84 bits per heavy atom. The van der Waals surface area contributed by atoms with Gasteiger partial charge in [0.05, 0.1) is 18.8 Å². The zero-order valence-corrected chi connectivity index (χ0v) is 25.0. The van der Waals surface area contributed by atoms with Crippen molar-refractivity contribution in [2.24, 2.45) is 34.5 Å². The number of ketones is 2. The molecule has 2 aromatic rings. The van der Waals surface area contributed by atoms with Crippen molar-refractivity contribution in [2.45, 2.75) is 77.3 Å². The Balaban J connectivity index is 1.19. The second kappa shape index (κ2) is 10.1. The third-order valence-corrected chi connectivity index (χ3v) is 11.7. The molecule has 3 saturated carbocycles. The lowest BCUT2D eigenvalue weighted by molar-refractivity contribution is -0.202. The number of aliphatic hydroxyl groups excluding tert-OH is 3. The molecule has 7 rings (SSSR count). The number of Topliss-reactive ketones (excluding diaryl/α,β-unsaturated/α-hetero) is 1. The van der Waals surface area contributed by atoms with Crippen molar-refractivity contribution in [3.63, 3.8) is 0 Å². The van der Waals surface area contributed by atoms with E-state index >= 15 is 0 Å². The first kappa shape index (κ1) is 28.9. The number of rotatable bonds is 6. The molecule has 2 heterocycles. The molecular weight excluding hydrogens is 546 g/mol. The highest BCUT2D eigenvalue weighted by Gasteiger charge is 2.76. The Labute approximate surface area is 252 Å². The van der Waals surface area contributed by atoms with Crippen LogP contribution in [-0.2, 0) is 32.2 Å². The van der Waals surface area contributed by atoms with Gasteiger partial charge in [0.2, 0.25) is 0 Å². The largest absolute Gasteiger partial charge is 0.393 e. The number of carbonyl (C=O) groups is 2. The average molecular weight is 588 g/mol. The Morgan fingerprint density at radius 1 is 1.09 bits per heavy atom. The smallest absolute Gasteiger partial charge is 0.193 e. The number of nitrogens with zero attached hydrogens (tertiary/aromatic N) is 1. The highest BCUT2D eigenvalue weighted by atomic mass is 16.7. The van der Waals surface area contributed by atoms with Gasteiger partial charge in [0.25, 0.3) is 0 Å². The van der Waals surface area contributed by atoms with Crippen LogP contribution in [0.25, 0.3) is 0 Å². The summed E-state index contributed by atoms with van der Waals surface area (Å²) in [5.41, 5.74) is 1.28. The van der Waals surface area contributed by atoms with E-state index in [9.17, 15) is 24.9 Å². The van der Waals surface area contributed by atoms with Gasteiger partial charge in [0, 0.05) is 41.2 Å². The zero-order chi connectivity index (χ0) is 30.3. The van der Waals surface area contributed by atoms with Gasteiger partial charge < -0.3 is 29.4 Å². The third-order valence-electron chi connectivity index (χ3n) is 11.7. The predicted molar refractivity (Wildman–Crippen MR) is 157 cm³/mol. The molecule has 0 spiro atoms. The molecule has 3 N–H and O–H groups in total. The second-order valence-electron chi connectivity index (χ2n) is 14.0. The van der Waals surface area contributed by atoms with Crippen molar-refractivity contribution in [2.75, 3.05) is 6.61 Å². The summed E-state index contributed by atoms with van der Waals surface area (Å²) >= 11 is 0. The van der Waals surface area contributed by atoms with Gasteiger partial charge in [0.15, 0.2) is 23.5 Å². The van der Waals surface area contributed by atoms with Crippen LogP contribution in [0.15, 0.2) is 66.5 Å². The predicted octanol–water partition coefficient (Wildman–Crippen LogP) is 3.88. The minimum absolute atomic E-state index is 0.00270. The Kier molecular flexibility index (Phi) is 6.76. The monoisotopic (exact) mass is 587 g/mol. The standard InChI is InChI=1S/C35H41NO7/c1-20-12-25-27-14-30-35(29(41)19-38,34(27,3)15-28(40)31(25)33(2)10-8-24(39)13-26(20)33)43-32(42-30)23-9-11-36(17-23)16-21-4-6-22(18-37)7-5-21/h4-11,13,17,20,25,27-28,30-32,37-38,40H,12,14-16,18-19H2,1-3H3/t20-,25-,27-,28-,30+,31+,32+,33-,34-,35+/m0/s1. The number of fused-ring (bicyclic) bond motifs is 7. The summed E-state index contributed by atoms with van der Waals surface area (Å²) in [6, 6.07) is 9.72. The van der Waals surface area contributed by atoms with Gasteiger partial charge >= 0.3 is 0 Å². The van der Waals surface area contributed by atoms with Crippen LogP contribution in [0, 0.1) is 34.5 Å². The lowest BCUT2D eigenvalue weighted by Crippen LogP contribution is -2.64. The van der Waals surface area contributed by atoms with E-state index in [1.807, 2.05) is 53.4 Å². The van der Waals surface area contributed by atoms with E-state index in [-0.39, 0.29) is 36.1 Å². The number of benzene rings is 1. The molecule has 43 heavy (non-hydrogen) atoms. The Bertz CT molecular complexity index is 1510. The molecule has 10 atom stereocenters. The van der Waals surface area contributed by atoms with Crippen molar-refractivity contribution >= 4 is 11.6 Å². The van der Waals surface area contributed by atoms with Crippen molar-refractivity contribution < 1.29 is 34.4 Å². The fraction of sp³-hybridized carbons (Fsp3) is 0.543. The molecule has 0 bridgehead atoms. The van der Waals surface area contributed by atoms with Crippen LogP contribution in [0.5, 0.6) is 0 Å². The van der Waals surface area contributed by atoms with Crippen molar-refractivity contribution in [1.82, 2.24) is 4.57 Å². The summed E-state index contributed by atoms with van der Waals surface area (Å²) in [4.78, 5) is 26.1. The van der Waals surface area contributed by atoms with Crippen LogP contribution in [0.3, 0.4) is 0 Å². The van der Waals surface area contributed by atoms with Gasteiger partial charge in [-0.2, -0.15) is 0 Å². The summed E-state index contributed by atoms with van der Waals surface area (Å²) in [5.74, 6) is -0.181. The van der Waals surface area contributed by atoms with Crippen LogP contribution in [-0.4, -0.2) is 55.9 Å². The summed E-state index contributed by atoms with van der Waals surface area (Å²) in [6.45, 7) is 6.33. The van der Waals surface area contributed by atoms with E-state index in [0.717, 1.165) is 28.7 Å². The van der Waals surface area contributed by atoms with Crippen molar-refractivity contribution in [3.8, 4) is 0 Å². The first-order chi connectivity index (χ1) is 20.5. The van der Waals surface area contributed by atoms with Crippen molar-refractivity contribution in [3.05, 3.63) is 83.2 Å². The molecule has 4 aliphatic carbocycles. The third kappa shape index (κ3) is 4.07. The summed E-state index contributed by atoms with van der Waals surface area (Å²) in [5, 5.41) is 31.5.